The van der Waals surface area contributed by atoms with E-state index in [2.05, 4.69) is 39.9 Å². The van der Waals surface area contributed by atoms with Crippen molar-refractivity contribution in [2.75, 3.05) is 6.61 Å². The molecule has 0 aromatic rings. The van der Waals surface area contributed by atoms with E-state index in [0.717, 1.165) is 5.92 Å². The molecule has 3 unspecified atom stereocenters. The largest absolute Gasteiger partial charge is 0.395 e. The van der Waals surface area contributed by atoms with Crippen LogP contribution in [0, 0.1) is 17.3 Å². The fraction of sp³-hybridized carbons (Fsp3) is 1.00. The summed E-state index contributed by atoms with van der Waals surface area (Å²) in [6.45, 7) is 11.7. The smallest absolute Gasteiger partial charge is 0.0587 e. The minimum Gasteiger partial charge on any atom is -0.395 e. The Hall–Kier alpha value is -0.0800. The standard InChI is InChI=1S/C16H33NO/c1-12(2)15(11-18)17-14-8-6-7-13(9-10-14)16(3,4)5/h12-15,17-18H,6-11H2,1-5H3. The van der Waals surface area contributed by atoms with Gasteiger partial charge in [0.05, 0.1) is 6.61 Å². The number of aliphatic hydroxyl groups is 1. The molecule has 1 aliphatic carbocycles. The van der Waals surface area contributed by atoms with Gasteiger partial charge < -0.3 is 10.4 Å². The lowest BCUT2D eigenvalue weighted by molar-refractivity contribution is 0.190. The molecule has 1 aliphatic rings. The quantitative estimate of drug-likeness (QED) is 0.753. The third kappa shape index (κ3) is 4.89. The summed E-state index contributed by atoms with van der Waals surface area (Å²) in [4.78, 5) is 0. The Labute approximate surface area is 114 Å². The minimum absolute atomic E-state index is 0.261. The summed E-state index contributed by atoms with van der Waals surface area (Å²) in [5.74, 6) is 1.37. The molecule has 1 rings (SSSR count). The summed E-state index contributed by atoms with van der Waals surface area (Å²) < 4.78 is 0. The van der Waals surface area contributed by atoms with E-state index in [4.69, 9.17) is 0 Å². The molecule has 0 radical (unpaired) electrons. The van der Waals surface area contributed by atoms with Crippen LogP contribution < -0.4 is 5.32 Å². The van der Waals surface area contributed by atoms with E-state index in [1.165, 1.54) is 32.1 Å². The van der Waals surface area contributed by atoms with Gasteiger partial charge in [-0.3, -0.25) is 0 Å². The number of hydrogen-bond acceptors (Lipinski definition) is 2. The van der Waals surface area contributed by atoms with Gasteiger partial charge >= 0.3 is 0 Å². The molecule has 108 valence electrons. The third-order valence-corrected chi connectivity index (χ3v) is 4.64. The lowest BCUT2D eigenvalue weighted by Crippen LogP contribution is -2.43. The maximum Gasteiger partial charge on any atom is 0.0587 e. The first-order valence-electron chi connectivity index (χ1n) is 7.71. The average molecular weight is 255 g/mol. The van der Waals surface area contributed by atoms with Crippen molar-refractivity contribution in [1.29, 1.82) is 0 Å². The molecule has 0 aliphatic heterocycles. The average Bonchev–Trinajstić information content (AvgIpc) is 2.49. The fourth-order valence-electron chi connectivity index (χ4n) is 3.09. The van der Waals surface area contributed by atoms with Crippen LogP contribution in [0.5, 0.6) is 0 Å². The Bertz CT molecular complexity index is 232. The molecule has 2 heteroatoms. The Balaban J connectivity index is 2.47. The van der Waals surface area contributed by atoms with E-state index in [9.17, 15) is 5.11 Å². The first kappa shape index (κ1) is 16.0. The monoisotopic (exact) mass is 255 g/mol. The zero-order valence-corrected chi connectivity index (χ0v) is 13.0. The van der Waals surface area contributed by atoms with Crippen molar-refractivity contribution in [3.63, 3.8) is 0 Å². The van der Waals surface area contributed by atoms with Gasteiger partial charge in [0.25, 0.3) is 0 Å². The van der Waals surface area contributed by atoms with Gasteiger partial charge in [0.15, 0.2) is 0 Å². The van der Waals surface area contributed by atoms with Crippen LogP contribution in [0.4, 0.5) is 0 Å². The minimum atomic E-state index is 0.261. The van der Waals surface area contributed by atoms with Crippen LogP contribution in [-0.2, 0) is 0 Å². The Morgan fingerprint density at radius 3 is 2.28 bits per heavy atom. The molecule has 2 nitrogen and oxygen atoms in total. The van der Waals surface area contributed by atoms with Crippen LogP contribution in [0.2, 0.25) is 0 Å². The first-order chi connectivity index (χ1) is 8.34. The van der Waals surface area contributed by atoms with Crippen molar-refractivity contribution in [1.82, 2.24) is 5.32 Å². The second kappa shape index (κ2) is 6.91. The summed E-state index contributed by atoms with van der Waals surface area (Å²) in [6, 6.07) is 0.873. The van der Waals surface area contributed by atoms with E-state index in [-0.39, 0.29) is 12.6 Å². The molecule has 1 saturated carbocycles. The second-order valence-electron chi connectivity index (χ2n) is 7.47. The summed E-state index contributed by atoms with van der Waals surface area (Å²) in [7, 11) is 0. The van der Waals surface area contributed by atoms with Gasteiger partial charge in [-0.05, 0) is 42.9 Å². The third-order valence-electron chi connectivity index (χ3n) is 4.64. The zero-order valence-electron chi connectivity index (χ0n) is 13.0. The number of rotatable bonds is 4. The Morgan fingerprint density at radius 2 is 1.78 bits per heavy atom. The summed E-state index contributed by atoms with van der Waals surface area (Å²) in [5.41, 5.74) is 0.448. The van der Waals surface area contributed by atoms with E-state index < -0.39 is 0 Å². The van der Waals surface area contributed by atoms with E-state index in [1.807, 2.05) is 0 Å². The van der Waals surface area contributed by atoms with Crippen molar-refractivity contribution in [3.8, 4) is 0 Å². The predicted molar refractivity (Wildman–Crippen MR) is 78.7 cm³/mol. The molecule has 2 N–H and O–H groups in total. The predicted octanol–water partition coefficient (Wildman–Crippen LogP) is 3.59. The van der Waals surface area contributed by atoms with Crippen molar-refractivity contribution >= 4 is 0 Å². The van der Waals surface area contributed by atoms with Gasteiger partial charge in [-0.15, -0.1) is 0 Å². The molecule has 18 heavy (non-hydrogen) atoms. The summed E-state index contributed by atoms with van der Waals surface area (Å²) in [6.07, 6.45) is 6.57. The molecular weight excluding hydrogens is 222 g/mol. The van der Waals surface area contributed by atoms with Gasteiger partial charge in [0.1, 0.15) is 0 Å². The van der Waals surface area contributed by atoms with Crippen LogP contribution in [0.3, 0.4) is 0 Å². The van der Waals surface area contributed by atoms with E-state index >= 15 is 0 Å². The van der Waals surface area contributed by atoms with Crippen molar-refractivity contribution in [2.24, 2.45) is 17.3 Å². The Kier molecular flexibility index (Phi) is 6.13. The highest BCUT2D eigenvalue weighted by Gasteiger charge is 2.28. The molecule has 0 aromatic carbocycles. The fourth-order valence-corrected chi connectivity index (χ4v) is 3.09. The molecule has 0 bridgehead atoms. The number of nitrogens with one attached hydrogen (secondary N) is 1. The highest BCUT2D eigenvalue weighted by Crippen LogP contribution is 2.36. The Morgan fingerprint density at radius 1 is 1.11 bits per heavy atom. The highest BCUT2D eigenvalue weighted by molar-refractivity contribution is 4.83. The molecule has 0 spiro atoms. The lowest BCUT2D eigenvalue weighted by atomic mass is 9.76. The second-order valence-corrected chi connectivity index (χ2v) is 7.47. The molecule has 0 heterocycles. The van der Waals surface area contributed by atoms with Crippen molar-refractivity contribution in [2.45, 2.75) is 78.8 Å². The zero-order chi connectivity index (χ0) is 13.8. The lowest BCUT2D eigenvalue weighted by Gasteiger charge is -2.30. The summed E-state index contributed by atoms with van der Waals surface area (Å²) in [5, 5.41) is 13.1. The van der Waals surface area contributed by atoms with E-state index in [0.29, 0.717) is 17.4 Å². The normalized spacial score (nSPS) is 28.2. The number of hydrogen-bond donors (Lipinski definition) is 2. The van der Waals surface area contributed by atoms with Gasteiger partial charge in [0, 0.05) is 12.1 Å². The highest BCUT2D eigenvalue weighted by atomic mass is 16.3. The topological polar surface area (TPSA) is 32.3 Å². The van der Waals surface area contributed by atoms with Crippen molar-refractivity contribution in [3.05, 3.63) is 0 Å². The van der Waals surface area contributed by atoms with Crippen LogP contribution >= 0.6 is 0 Å². The van der Waals surface area contributed by atoms with E-state index in [1.54, 1.807) is 0 Å². The molecule has 0 aromatic heterocycles. The van der Waals surface area contributed by atoms with Gasteiger partial charge in [-0.2, -0.15) is 0 Å². The van der Waals surface area contributed by atoms with Crippen molar-refractivity contribution < 1.29 is 5.11 Å². The molecule has 0 saturated heterocycles. The molecule has 1 fully saturated rings. The first-order valence-corrected chi connectivity index (χ1v) is 7.71. The molecular formula is C16H33NO. The van der Waals surface area contributed by atoms with Gasteiger partial charge in [-0.1, -0.05) is 41.0 Å². The summed E-state index contributed by atoms with van der Waals surface area (Å²) >= 11 is 0. The van der Waals surface area contributed by atoms with Crippen LogP contribution in [-0.4, -0.2) is 23.8 Å². The number of aliphatic hydroxyl groups excluding tert-OH is 1. The SMILES string of the molecule is CC(C)C(CO)NC1CCCC(C(C)(C)C)CC1. The van der Waals surface area contributed by atoms with Gasteiger partial charge in [0.2, 0.25) is 0 Å². The van der Waals surface area contributed by atoms with Gasteiger partial charge in [-0.25, -0.2) is 0 Å². The van der Waals surface area contributed by atoms with Crippen LogP contribution in [0.25, 0.3) is 0 Å². The molecule has 0 amide bonds. The maximum absolute atomic E-state index is 9.42. The maximum atomic E-state index is 9.42. The molecule has 3 atom stereocenters. The van der Waals surface area contributed by atoms with Crippen LogP contribution in [0.1, 0.15) is 66.7 Å². The van der Waals surface area contributed by atoms with Crippen LogP contribution in [0.15, 0.2) is 0 Å².